The van der Waals surface area contributed by atoms with Gasteiger partial charge in [-0.15, -0.1) is 0 Å². The van der Waals surface area contributed by atoms with Crippen molar-refractivity contribution < 1.29 is 37.3 Å². The summed E-state index contributed by atoms with van der Waals surface area (Å²) in [5.41, 5.74) is 1.19. The predicted molar refractivity (Wildman–Crippen MR) is 96.0 cm³/mol. The zero-order chi connectivity index (χ0) is 20.1. The van der Waals surface area contributed by atoms with Crippen LogP contribution in [-0.2, 0) is 16.1 Å². The first-order chi connectivity index (χ1) is 13.5. The average Bonchev–Trinajstić information content (AvgIpc) is 3.14. The van der Waals surface area contributed by atoms with E-state index in [1.54, 1.807) is 12.1 Å². The third kappa shape index (κ3) is 4.83. The molecule has 0 saturated carbocycles. The number of hydrogen-bond donors (Lipinski definition) is 0. The quantitative estimate of drug-likeness (QED) is 0.495. The van der Waals surface area contributed by atoms with E-state index < -0.39 is 12.6 Å². The van der Waals surface area contributed by atoms with Crippen LogP contribution in [-0.4, -0.2) is 26.5 Å². The Bertz CT molecular complexity index is 900. The molecule has 148 valence electrons. The molecule has 0 spiro atoms. The molecule has 0 amide bonds. The molecule has 3 rings (SSSR count). The van der Waals surface area contributed by atoms with E-state index >= 15 is 0 Å². The highest BCUT2D eigenvalue weighted by atomic mass is 35.5. The fraction of sp³-hybridized carbons (Fsp3) is 0.211. The smallest absolute Gasteiger partial charge is 0.387 e. The number of methoxy groups -OCH3 is 1. The predicted octanol–water partition coefficient (Wildman–Crippen LogP) is 4.44. The first kappa shape index (κ1) is 19.8. The van der Waals surface area contributed by atoms with Crippen molar-refractivity contribution in [1.29, 1.82) is 0 Å². The highest BCUT2D eigenvalue weighted by molar-refractivity contribution is 6.32. The Hall–Kier alpha value is -3.00. The van der Waals surface area contributed by atoms with Crippen molar-refractivity contribution >= 4 is 23.6 Å². The van der Waals surface area contributed by atoms with Gasteiger partial charge in [0.25, 0.3) is 0 Å². The SMILES string of the molecule is COc1cc(COC(=O)/C=C/c2cc(Cl)c3c(c2)OCO3)ccc1OC(F)F. The molecule has 1 heterocycles. The first-order valence-corrected chi connectivity index (χ1v) is 8.40. The van der Waals surface area contributed by atoms with Gasteiger partial charge in [-0.1, -0.05) is 17.7 Å². The topological polar surface area (TPSA) is 63.2 Å². The number of rotatable bonds is 7. The number of carbonyl (C=O) groups excluding carboxylic acids is 1. The largest absolute Gasteiger partial charge is 0.493 e. The molecular formula is C19H15ClF2O6. The molecule has 0 radical (unpaired) electrons. The van der Waals surface area contributed by atoms with Crippen LogP contribution in [0.3, 0.4) is 0 Å². The van der Waals surface area contributed by atoms with Gasteiger partial charge in [0.2, 0.25) is 6.79 Å². The second kappa shape index (κ2) is 8.79. The molecule has 28 heavy (non-hydrogen) atoms. The maximum Gasteiger partial charge on any atom is 0.387 e. The molecule has 0 aromatic heterocycles. The summed E-state index contributed by atoms with van der Waals surface area (Å²) in [5.74, 6) is 0.376. The van der Waals surface area contributed by atoms with Crippen LogP contribution < -0.4 is 18.9 Å². The molecule has 6 nitrogen and oxygen atoms in total. The summed E-state index contributed by atoms with van der Waals surface area (Å²) in [4.78, 5) is 11.9. The minimum atomic E-state index is -2.97. The van der Waals surface area contributed by atoms with Gasteiger partial charge in [0.1, 0.15) is 6.61 Å². The molecule has 0 unspecified atom stereocenters. The highest BCUT2D eigenvalue weighted by Gasteiger charge is 2.17. The molecule has 0 bridgehead atoms. The number of benzene rings is 2. The van der Waals surface area contributed by atoms with Gasteiger partial charge in [0.05, 0.1) is 12.1 Å². The number of esters is 1. The molecule has 2 aromatic carbocycles. The van der Waals surface area contributed by atoms with Crippen molar-refractivity contribution in [2.24, 2.45) is 0 Å². The molecule has 2 aromatic rings. The van der Waals surface area contributed by atoms with E-state index in [4.69, 9.17) is 30.5 Å². The average molecular weight is 413 g/mol. The molecule has 1 aliphatic heterocycles. The summed E-state index contributed by atoms with van der Waals surface area (Å²) in [7, 11) is 1.32. The summed E-state index contributed by atoms with van der Waals surface area (Å²) in [6.45, 7) is -2.95. The number of carbonyl (C=O) groups is 1. The van der Waals surface area contributed by atoms with Crippen molar-refractivity contribution in [2.45, 2.75) is 13.2 Å². The first-order valence-electron chi connectivity index (χ1n) is 8.02. The van der Waals surface area contributed by atoms with Crippen LogP contribution in [0.4, 0.5) is 8.78 Å². The Morgan fingerprint density at radius 1 is 1.25 bits per heavy atom. The maximum atomic E-state index is 12.3. The maximum absolute atomic E-state index is 12.3. The van der Waals surface area contributed by atoms with E-state index in [1.165, 1.54) is 37.5 Å². The van der Waals surface area contributed by atoms with Gasteiger partial charge in [-0.05, 0) is 41.5 Å². The lowest BCUT2D eigenvalue weighted by Crippen LogP contribution is -2.05. The lowest BCUT2D eigenvalue weighted by atomic mass is 10.2. The van der Waals surface area contributed by atoms with E-state index in [0.29, 0.717) is 27.6 Å². The fourth-order valence-electron chi connectivity index (χ4n) is 2.45. The van der Waals surface area contributed by atoms with Crippen molar-refractivity contribution in [2.75, 3.05) is 13.9 Å². The second-order valence-corrected chi connectivity index (χ2v) is 5.95. The third-order valence-corrected chi connectivity index (χ3v) is 3.97. The van der Waals surface area contributed by atoms with Crippen LogP contribution in [0.2, 0.25) is 5.02 Å². The molecule has 9 heteroatoms. The Kier molecular flexibility index (Phi) is 6.20. The van der Waals surface area contributed by atoms with Gasteiger partial charge >= 0.3 is 12.6 Å². The molecule has 0 fully saturated rings. The van der Waals surface area contributed by atoms with Crippen molar-refractivity contribution in [1.82, 2.24) is 0 Å². The van der Waals surface area contributed by atoms with Crippen LogP contribution in [0, 0.1) is 0 Å². The summed E-state index contributed by atoms with van der Waals surface area (Å²) in [5, 5.41) is 0.376. The fourth-order valence-corrected chi connectivity index (χ4v) is 2.72. The highest BCUT2D eigenvalue weighted by Crippen LogP contribution is 2.40. The monoisotopic (exact) mass is 412 g/mol. The normalized spacial score (nSPS) is 12.5. The van der Waals surface area contributed by atoms with E-state index in [0.717, 1.165) is 0 Å². The zero-order valence-electron chi connectivity index (χ0n) is 14.6. The van der Waals surface area contributed by atoms with Crippen LogP contribution in [0.25, 0.3) is 6.08 Å². The van der Waals surface area contributed by atoms with Gasteiger partial charge in [-0.3, -0.25) is 0 Å². The third-order valence-electron chi connectivity index (χ3n) is 3.69. The summed E-state index contributed by atoms with van der Waals surface area (Å²) >= 11 is 6.08. The van der Waals surface area contributed by atoms with Crippen molar-refractivity contribution in [3.63, 3.8) is 0 Å². The van der Waals surface area contributed by atoms with E-state index in [-0.39, 0.29) is 24.9 Å². The number of halogens is 3. The summed E-state index contributed by atoms with van der Waals surface area (Å²) in [6.07, 6.45) is 2.76. The number of alkyl halides is 2. The Morgan fingerprint density at radius 3 is 2.82 bits per heavy atom. The van der Waals surface area contributed by atoms with Crippen LogP contribution in [0.15, 0.2) is 36.4 Å². The number of hydrogen-bond acceptors (Lipinski definition) is 6. The lowest BCUT2D eigenvalue weighted by molar-refractivity contribution is -0.138. The second-order valence-electron chi connectivity index (χ2n) is 5.54. The van der Waals surface area contributed by atoms with E-state index in [9.17, 15) is 13.6 Å². The van der Waals surface area contributed by atoms with Crippen LogP contribution in [0.5, 0.6) is 23.0 Å². The van der Waals surface area contributed by atoms with Crippen LogP contribution in [0.1, 0.15) is 11.1 Å². The Balaban J connectivity index is 1.60. The van der Waals surface area contributed by atoms with Gasteiger partial charge in [-0.2, -0.15) is 8.78 Å². The molecular weight excluding hydrogens is 398 g/mol. The minimum absolute atomic E-state index is 0.0730. The molecule has 0 atom stereocenters. The van der Waals surface area contributed by atoms with Gasteiger partial charge in [-0.25, -0.2) is 4.79 Å². The minimum Gasteiger partial charge on any atom is -0.493 e. The molecule has 1 aliphatic rings. The molecule has 0 N–H and O–H groups in total. The van der Waals surface area contributed by atoms with Gasteiger partial charge in [0.15, 0.2) is 23.0 Å². The number of ether oxygens (including phenoxy) is 5. The Morgan fingerprint density at radius 2 is 2.07 bits per heavy atom. The van der Waals surface area contributed by atoms with E-state index in [1.807, 2.05) is 0 Å². The molecule has 0 aliphatic carbocycles. The van der Waals surface area contributed by atoms with Gasteiger partial charge in [0, 0.05) is 6.08 Å². The summed E-state index contributed by atoms with van der Waals surface area (Å²) in [6, 6.07) is 7.58. The zero-order valence-corrected chi connectivity index (χ0v) is 15.4. The number of fused-ring (bicyclic) bond motifs is 1. The lowest BCUT2D eigenvalue weighted by Gasteiger charge is -2.11. The Labute approximate surface area is 164 Å². The van der Waals surface area contributed by atoms with Crippen molar-refractivity contribution in [3.8, 4) is 23.0 Å². The van der Waals surface area contributed by atoms with Gasteiger partial charge < -0.3 is 23.7 Å². The summed E-state index contributed by atoms with van der Waals surface area (Å²) < 4.78 is 49.6. The molecule has 0 saturated heterocycles. The standard InChI is InChI=1S/C19H15ClF2O6/c1-24-15-8-12(2-4-14(15)28-19(21)22)9-25-17(23)5-3-11-6-13(20)18-16(7-11)26-10-27-18/h2-8,19H,9-10H2,1H3/b5-3+. The van der Waals surface area contributed by atoms with Crippen LogP contribution >= 0.6 is 11.6 Å². The van der Waals surface area contributed by atoms with E-state index in [2.05, 4.69) is 4.74 Å². The van der Waals surface area contributed by atoms with Crippen molar-refractivity contribution in [3.05, 3.63) is 52.6 Å².